The number of rotatable bonds is 3. The van der Waals surface area contributed by atoms with Crippen LogP contribution in [-0.4, -0.2) is 14.2 Å². The molecule has 0 spiro atoms. The van der Waals surface area contributed by atoms with Gasteiger partial charge in [-0.25, -0.2) is 0 Å². The predicted molar refractivity (Wildman–Crippen MR) is 61.9 cm³/mol. The molecule has 0 amide bonds. The maximum Gasteiger partial charge on any atom is 0.165 e. The van der Waals surface area contributed by atoms with E-state index < -0.39 is 0 Å². The lowest BCUT2D eigenvalue weighted by atomic mass is 10.0. The number of ether oxygens (including phenoxy) is 2. The van der Waals surface area contributed by atoms with Crippen LogP contribution in [0.3, 0.4) is 0 Å². The molecule has 0 radical (unpaired) electrons. The minimum Gasteiger partial charge on any atom is -0.493 e. The Hall–Kier alpha value is -0.930. The van der Waals surface area contributed by atoms with Gasteiger partial charge in [0.15, 0.2) is 11.5 Å². The highest BCUT2D eigenvalue weighted by Gasteiger charge is 2.18. The van der Waals surface area contributed by atoms with Crippen molar-refractivity contribution >= 4 is 11.6 Å². The van der Waals surface area contributed by atoms with Crippen LogP contribution in [0.25, 0.3) is 0 Å². The van der Waals surface area contributed by atoms with E-state index in [1.54, 1.807) is 14.2 Å². The van der Waals surface area contributed by atoms with Crippen LogP contribution in [0.1, 0.15) is 24.1 Å². The van der Waals surface area contributed by atoms with E-state index in [2.05, 4.69) is 0 Å². The fourth-order valence-electron chi connectivity index (χ4n) is 1.51. The summed E-state index contributed by atoms with van der Waals surface area (Å²) in [6.07, 6.45) is 0. The van der Waals surface area contributed by atoms with Crippen molar-refractivity contribution in [2.45, 2.75) is 19.9 Å². The molecular formula is C11H16ClNO2. The molecule has 0 aliphatic rings. The molecule has 0 saturated carbocycles. The van der Waals surface area contributed by atoms with E-state index in [9.17, 15) is 0 Å². The van der Waals surface area contributed by atoms with Gasteiger partial charge in [0.25, 0.3) is 0 Å². The SMILES string of the molecule is COc1c(C(C)N)cc(Cl)c(C)c1OC. The fraction of sp³-hybridized carbons (Fsp3) is 0.455. The molecule has 0 aliphatic carbocycles. The van der Waals surface area contributed by atoms with Gasteiger partial charge < -0.3 is 15.2 Å². The quantitative estimate of drug-likeness (QED) is 0.867. The molecule has 2 N–H and O–H groups in total. The minimum absolute atomic E-state index is 0.146. The maximum atomic E-state index is 6.08. The van der Waals surface area contributed by atoms with Gasteiger partial charge in [-0.3, -0.25) is 0 Å². The van der Waals surface area contributed by atoms with Gasteiger partial charge >= 0.3 is 0 Å². The predicted octanol–water partition coefficient (Wildman–Crippen LogP) is 2.69. The molecule has 1 aromatic rings. The van der Waals surface area contributed by atoms with E-state index in [0.29, 0.717) is 16.5 Å². The van der Waals surface area contributed by atoms with Crippen LogP contribution in [0.5, 0.6) is 11.5 Å². The third-order valence-electron chi connectivity index (χ3n) is 2.35. The highest BCUT2D eigenvalue weighted by molar-refractivity contribution is 6.31. The van der Waals surface area contributed by atoms with Gasteiger partial charge in [-0.2, -0.15) is 0 Å². The largest absolute Gasteiger partial charge is 0.493 e. The topological polar surface area (TPSA) is 44.5 Å². The van der Waals surface area contributed by atoms with Crippen molar-refractivity contribution < 1.29 is 9.47 Å². The number of benzene rings is 1. The molecule has 0 aliphatic heterocycles. The Bertz CT molecular complexity index is 364. The Labute approximate surface area is 95.1 Å². The van der Waals surface area contributed by atoms with Crippen molar-refractivity contribution in [3.05, 3.63) is 22.2 Å². The Balaban J connectivity index is 3.47. The van der Waals surface area contributed by atoms with Crippen molar-refractivity contribution in [2.75, 3.05) is 14.2 Å². The van der Waals surface area contributed by atoms with Gasteiger partial charge in [-0.05, 0) is 19.9 Å². The number of nitrogens with two attached hydrogens (primary N) is 1. The second kappa shape index (κ2) is 4.73. The summed E-state index contributed by atoms with van der Waals surface area (Å²) < 4.78 is 10.6. The molecule has 3 nitrogen and oxygen atoms in total. The first-order valence-corrected chi connectivity index (χ1v) is 5.07. The molecule has 0 bridgehead atoms. The van der Waals surface area contributed by atoms with E-state index >= 15 is 0 Å². The molecule has 1 aromatic carbocycles. The summed E-state index contributed by atoms with van der Waals surface area (Å²) >= 11 is 6.08. The molecule has 0 fully saturated rings. The first-order valence-electron chi connectivity index (χ1n) is 4.69. The Morgan fingerprint density at radius 1 is 1.27 bits per heavy atom. The van der Waals surface area contributed by atoms with Crippen molar-refractivity contribution in [2.24, 2.45) is 5.73 Å². The van der Waals surface area contributed by atoms with Crippen LogP contribution in [0.15, 0.2) is 6.07 Å². The Morgan fingerprint density at radius 3 is 2.20 bits per heavy atom. The minimum atomic E-state index is -0.146. The lowest BCUT2D eigenvalue weighted by molar-refractivity contribution is 0.348. The normalized spacial score (nSPS) is 12.4. The van der Waals surface area contributed by atoms with E-state index in [4.69, 9.17) is 26.8 Å². The van der Waals surface area contributed by atoms with Crippen molar-refractivity contribution in [1.82, 2.24) is 0 Å². The molecule has 0 saturated heterocycles. The summed E-state index contributed by atoms with van der Waals surface area (Å²) in [5.74, 6) is 1.31. The summed E-state index contributed by atoms with van der Waals surface area (Å²) in [4.78, 5) is 0. The van der Waals surface area contributed by atoms with Gasteiger partial charge in [-0.15, -0.1) is 0 Å². The first kappa shape index (κ1) is 12.1. The van der Waals surface area contributed by atoms with Crippen molar-refractivity contribution in [3.8, 4) is 11.5 Å². The molecular weight excluding hydrogens is 214 g/mol. The van der Waals surface area contributed by atoms with Crippen molar-refractivity contribution in [1.29, 1.82) is 0 Å². The second-order valence-electron chi connectivity index (χ2n) is 3.43. The van der Waals surface area contributed by atoms with E-state index in [1.165, 1.54) is 0 Å². The standard InChI is InChI=1S/C11H16ClNO2/c1-6-9(12)5-8(7(2)13)11(15-4)10(6)14-3/h5,7H,13H2,1-4H3. The lowest BCUT2D eigenvalue weighted by Crippen LogP contribution is -2.08. The van der Waals surface area contributed by atoms with Gasteiger partial charge in [-0.1, -0.05) is 11.6 Å². The molecule has 1 atom stereocenters. The highest BCUT2D eigenvalue weighted by Crippen LogP contribution is 2.40. The van der Waals surface area contributed by atoms with Gasteiger partial charge in [0.2, 0.25) is 0 Å². The Kier molecular flexibility index (Phi) is 3.83. The first-order chi connectivity index (χ1) is 7.02. The number of halogens is 1. The lowest BCUT2D eigenvalue weighted by Gasteiger charge is -2.18. The summed E-state index contributed by atoms with van der Waals surface area (Å²) in [5, 5.41) is 0.639. The van der Waals surface area contributed by atoms with Crippen LogP contribution >= 0.6 is 11.6 Å². The molecule has 4 heteroatoms. The van der Waals surface area contributed by atoms with E-state index in [0.717, 1.165) is 11.1 Å². The smallest absolute Gasteiger partial charge is 0.165 e. The third kappa shape index (κ3) is 2.19. The van der Waals surface area contributed by atoms with Crippen LogP contribution in [0.2, 0.25) is 5.02 Å². The zero-order valence-corrected chi connectivity index (χ0v) is 10.2. The zero-order chi connectivity index (χ0) is 11.6. The zero-order valence-electron chi connectivity index (χ0n) is 9.43. The van der Waals surface area contributed by atoms with Crippen LogP contribution in [-0.2, 0) is 0 Å². The number of hydrogen-bond acceptors (Lipinski definition) is 3. The molecule has 0 aromatic heterocycles. The van der Waals surface area contributed by atoms with Crippen molar-refractivity contribution in [3.63, 3.8) is 0 Å². The number of hydrogen-bond donors (Lipinski definition) is 1. The summed E-state index contributed by atoms with van der Waals surface area (Å²) in [7, 11) is 3.18. The Morgan fingerprint density at radius 2 is 1.80 bits per heavy atom. The summed E-state index contributed by atoms with van der Waals surface area (Å²) in [6, 6.07) is 1.68. The molecule has 1 unspecified atom stereocenters. The average molecular weight is 230 g/mol. The number of methoxy groups -OCH3 is 2. The fourth-order valence-corrected chi connectivity index (χ4v) is 1.72. The van der Waals surface area contributed by atoms with E-state index in [-0.39, 0.29) is 6.04 Å². The van der Waals surface area contributed by atoms with Crippen LogP contribution < -0.4 is 15.2 Å². The molecule has 84 valence electrons. The molecule has 15 heavy (non-hydrogen) atoms. The second-order valence-corrected chi connectivity index (χ2v) is 3.83. The molecule has 1 rings (SSSR count). The third-order valence-corrected chi connectivity index (χ3v) is 2.74. The van der Waals surface area contributed by atoms with E-state index in [1.807, 2.05) is 19.9 Å². The summed E-state index contributed by atoms with van der Waals surface area (Å²) in [5.41, 5.74) is 7.55. The van der Waals surface area contributed by atoms with Crippen LogP contribution in [0, 0.1) is 6.92 Å². The van der Waals surface area contributed by atoms with Crippen LogP contribution in [0.4, 0.5) is 0 Å². The monoisotopic (exact) mass is 229 g/mol. The maximum absolute atomic E-state index is 6.08. The summed E-state index contributed by atoms with van der Waals surface area (Å²) in [6.45, 7) is 3.76. The van der Waals surface area contributed by atoms with Gasteiger partial charge in [0, 0.05) is 22.2 Å². The average Bonchev–Trinajstić information content (AvgIpc) is 2.20. The molecule has 0 heterocycles. The van der Waals surface area contributed by atoms with Gasteiger partial charge in [0.05, 0.1) is 14.2 Å². The highest BCUT2D eigenvalue weighted by atomic mass is 35.5. The van der Waals surface area contributed by atoms with Gasteiger partial charge in [0.1, 0.15) is 0 Å².